The molecule has 0 aliphatic heterocycles. The zero-order valence-electron chi connectivity index (χ0n) is 12.6. The molecule has 0 aliphatic rings. The van der Waals surface area contributed by atoms with E-state index in [-0.39, 0.29) is 5.91 Å². The van der Waals surface area contributed by atoms with Crippen LogP contribution < -0.4 is 11.1 Å². The zero-order chi connectivity index (χ0) is 15.4. The third-order valence-electron chi connectivity index (χ3n) is 3.31. The van der Waals surface area contributed by atoms with Crippen LogP contribution in [-0.2, 0) is 4.79 Å². The quantitative estimate of drug-likeness (QED) is 0.664. The first-order valence-electron chi connectivity index (χ1n) is 6.82. The van der Waals surface area contributed by atoms with Crippen molar-refractivity contribution in [3.63, 3.8) is 0 Å². The number of carbonyl (C=O) groups is 1. The fourth-order valence-corrected chi connectivity index (χ4v) is 2.83. The topological polar surface area (TPSA) is 55.1 Å². The Morgan fingerprint density at radius 1 is 1.14 bits per heavy atom. The number of hydrogen-bond donors (Lipinski definition) is 2. The molecule has 2 aromatic rings. The van der Waals surface area contributed by atoms with Gasteiger partial charge in [-0.15, -0.1) is 11.8 Å². The lowest BCUT2D eigenvalue weighted by atomic mass is 10.1. The minimum atomic E-state index is -0.0189. The van der Waals surface area contributed by atoms with Crippen LogP contribution in [0.3, 0.4) is 0 Å². The lowest BCUT2D eigenvalue weighted by molar-refractivity contribution is -0.113. The Hall–Kier alpha value is -1.94. The molecule has 0 heterocycles. The van der Waals surface area contributed by atoms with Crippen LogP contribution in [0.15, 0.2) is 41.3 Å². The van der Waals surface area contributed by atoms with Crippen LogP contribution in [0.5, 0.6) is 0 Å². The van der Waals surface area contributed by atoms with Crippen molar-refractivity contribution in [3.05, 3.63) is 53.1 Å². The van der Waals surface area contributed by atoms with Gasteiger partial charge in [-0.1, -0.05) is 24.3 Å². The molecule has 21 heavy (non-hydrogen) atoms. The molecule has 0 unspecified atom stereocenters. The van der Waals surface area contributed by atoms with E-state index in [2.05, 4.69) is 5.32 Å². The Labute approximate surface area is 129 Å². The molecule has 3 nitrogen and oxygen atoms in total. The van der Waals surface area contributed by atoms with Crippen molar-refractivity contribution < 1.29 is 4.79 Å². The average molecular weight is 300 g/mol. The van der Waals surface area contributed by atoms with Crippen LogP contribution in [0.2, 0.25) is 0 Å². The van der Waals surface area contributed by atoms with Crippen molar-refractivity contribution in [2.24, 2.45) is 0 Å². The number of amides is 1. The SMILES string of the molecule is Cc1ccc(C)c(NC(=O)CSc2cccc(C)c2N)c1. The van der Waals surface area contributed by atoms with E-state index in [1.54, 1.807) is 0 Å². The van der Waals surface area contributed by atoms with Gasteiger partial charge in [0, 0.05) is 16.3 Å². The number of para-hydroxylation sites is 1. The van der Waals surface area contributed by atoms with Crippen LogP contribution in [0.4, 0.5) is 11.4 Å². The van der Waals surface area contributed by atoms with E-state index in [0.717, 1.165) is 33.0 Å². The van der Waals surface area contributed by atoms with Crippen LogP contribution >= 0.6 is 11.8 Å². The Kier molecular flexibility index (Phi) is 4.91. The van der Waals surface area contributed by atoms with Gasteiger partial charge in [-0.3, -0.25) is 4.79 Å². The molecule has 0 saturated carbocycles. The van der Waals surface area contributed by atoms with Gasteiger partial charge >= 0.3 is 0 Å². The predicted octanol–water partition coefficient (Wildman–Crippen LogP) is 3.92. The summed E-state index contributed by atoms with van der Waals surface area (Å²) < 4.78 is 0. The minimum absolute atomic E-state index is 0.0189. The maximum Gasteiger partial charge on any atom is 0.234 e. The Morgan fingerprint density at radius 3 is 2.67 bits per heavy atom. The lowest BCUT2D eigenvalue weighted by Crippen LogP contribution is -2.15. The van der Waals surface area contributed by atoms with E-state index in [1.165, 1.54) is 11.8 Å². The van der Waals surface area contributed by atoms with E-state index in [0.29, 0.717) is 5.75 Å². The van der Waals surface area contributed by atoms with Crippen molar-refractivity contribution in [1.82, 2.24) is 0 Å². The van der Waals surface area contributed by atoms with Gasteiger partial charge in [0.05, 0.1) is 5.75 Å². The molecule has 0 radical (unpaired) electrons. The highest BCUT2D eigenvalue weighted by atomic mass is 32.2. The average Bonchev–Trinajstić information content (AvgIpc) is 2.44. The number of rotatable bonds is 4. The molecule has 0 bridgehead atoms. The number of anilines is 2. The molecular formula is C17H20N2OS. The number of nitrogen functional groups attached to an aromatic ring is 1. The number of nitrogens with one attached hydrogen (secondary N) is 1. The third kappa shape index (κ3) is 4.02. The van der Waals surface area contributed by atoms with E-state index >= 15 is 0 Å². The van der Waals surface area contributed by atoms with Crippen LogP contribution in [0.25, 0.3) is 0 Å². The van der Waals surface area contributed by atoms with Crippen LogP contribution in [0.1, 0.15) is 16.7 Å². The number of benzene rings is 2. The Bertz CT molecular complexity index is 668. The second kappa shape index (κ2) is 6.68. The largest absolute Gasteiger partial charge is 0.398 e. The number of carbonyl (C=O) groups excluding carboxylic acids is 1. The standard InChI is InChI=1S/C17H20N2OS/c1-11-7-8-12(2)14(9-11)19-16(20)10-21-15-6-4-5-13(3)17(15)18/h4-9H,10,18H2,1-3H3,(H,19,20). The summed E-state index contributed by atoms with van der Waals surface area (Å²) in [6, 6.07) is 11.9. The molecule has 2 aromatic carbocycles. The van der Waals surface area contributed by atoms with Crippen molar-refractivity contribution in [2.75, 3.05) is 16.8 Å². The predicted molar refractivity (Wildman–Crippen MR) is 90.9 cm³/mol. The van der Waals surface area contributed by atoms with Gasteiger partial charge in [-0.25, -0.2) is 0 Å². The first-order chi connectivity index (χ1) is 9.97. The molecule has 0 saturated heterocycles. The second-order valence-electron chi connectivity index (χ2n) is 5.14. The highest BCUT2D eigenvalue weighted by Crippen LogP contribution is 2.27. The monoisotopic (exact) mass is 300 g/mol. The lowest BCUT2D eigenvalue weighted by Gasteiger charge is -2.10. The zero-order valence-corrected chi connectivity index (χ0v) is 13.4. The van der Waals surface area contributed by atoms with Gasteiger partial charge in [0.2, 0.25) is 5.91 Å². The molecule has 110 valence electrons. The Morgan fingerprint density at radius 2 is 1.90 bits per heavy atom. The summed E-state index contributed by atoms with van der Waals surface area (Å²) in [6.07, 6.45) is 0. The summed E-state index contributed by atoms with van der Waals surface area (Å²) in [6.45, 7) is 5.97. The van der Waals surface area contributed by atoms with Gasteiger partial charge in [0.1, 0.15) is 0 Å². The smallest absolute Gasteiger partial charge is 0.234 e. The second-order valence-corrected chi connectivity index (χ2v) is 6.16. The van der Waals surface area contributed by atoms with Crippen LogP contribution in [0, 0.1) is 20.8 Å². The normalized spacial score (nSPS) is 10.4. The maximum absolute atomic E-state index is 12.1. The highest BCUT2D eigenvalue weighted by Gasteiger charge is 2.08. The van der Waals surface area contributed by atoms with Gasteiger partial charge < -0.3 is 11.1 Å². The number of aryl methyl sites for hydroxylation is 3. The highest BCUT2D eigenvalue weighted by molar-refractivity contribution is 8.00. The first-order valence-corrected chi connectivity index (χ1v) is 7.81. The van der Waals surface area contributed by atoms with Gasteiger partial charge in [-0.2, -0.15) is 0 Å². The molecule has 0 atom stereocenters. The van der Waals surface area contributed by atoms with E-state index in [4.69, 9.17) is 5.73 Å². The summed E-state index contributed by atoms with van der Waals surface area (Å²) >= 11 is 1.46. The van der Waals surface area contributed by atoms with Crippen molar-refractivity contribution in [3.8, 4) is 0 Å². The Balaban J connectivity index is 1.99. The van der Waals surface area contributed by atoms with E-state index in [1.807, 2.05) is 57.2 Å². The van der Waals surface area contributed by atoms with E-state index in [9.17, 15) is 4.79 Å². The fourth-order valence-electron chi connectivity index (χ4n) is 1.98. The third-order valence-corrected chi connectivity index (χ3v) is 4.38. The summed E-state index contributed by atoms with van der Waals surface area (Å²) in [5, 5.41) is 2.95. The minimum Gasteiger partial charge on any atom is -0.398 e. The van der Waals surface area contributed by atoms with Gasteiger partial charge in [0.15, 0.2) is 0 Å². The molecular weight excluding hydrogens is 280 g/mol. The molecule has 0 aliphatic carbocycles. The maximum atomic E-state index is 12.1. The molecule has 3 N–H and O–H groups in total. The molecule has 4 heteroatoms. The first kappa shape index (κ1) is 15.4. The summed E-state index contributed by atoms with van der Waals surface area (Å²) in [5.41, 5.74) is 10.9. The van der Waals surface area contributed by atoms with Gasteiger partial charge in [-0.05, 0) is 49.6 Å². The number of thioether (sulfide) groups is 1. The molecule has 0 fully saturated rings. The van der Waals surface area contributed by atoms with Gasteiger partial charge in [0.25, 0.3) is 0 Å². The molecule has 0 aromatic heterocycles. The summed E-state index contributed by atoms with van der Waals surface area (Å²) in [7, 11) is 0. The van der Waals surface area contributed by atoms with E-state index < -0.39 is 0 Å². The number of hydrogen-bond acceptors (Lipinski definition) is 3. The van der Waals surface area contributed by atoms with Crippen molar-refractivity contribution >= 4 is 29.0 Å². The molecule has 0 spiro atoms. The fraction of sp³-hybridized carbons (Fsp3) is 0.235. The molecule has 1 amide bonds. The van der Waals surface area contributed by atoms with Crippen molar-refractivity contribution in [2.45, 2.75) is 25.7 Å². The number of nitrogens with two attached hydrogens (primary N) is 1. The molecule has 2 rings (SSSR count). The summed E-state index contributed by atoms with van der Waals surface area (Å²) in [4.78, 5) is 13.0. The van der Waals surface area contributed by atoms with Crippen molar-refractivity contribution in [1.29, 1.82) is 0 Å². The van der Waals surface area contributed by atoms with Crippen LogP contribution in [-0.4, -0.2) is 11.7 Å². The summed E-state index contributed by atoms with van der Waals surface area (Å²) in [5.74, 6) is 0.329.